The molecule has 0 radical (unpaired) electrons. The minimum absolute atomic E-state index is 0.0160. The Morgan fingerprint density at radius 3 is 1.97 bits per heavy atom. The van der Waals surface area contributed by atoms with Gasteiger partial charge in [-0.25, -0.2) is 14.0 Å². The highest BCUT2D eigenvalue weighted by atomic mass is 19.1. The van der Waals surface area contributed by atoms with Crippen LogP contribution in [0, 0.1) is 11.7 Å². The average Bonchev–Trinajstić information content (AvgIpc) is 2.90. The summed E-state index contributed by atoms with van der Waals surface area (Å²) in [6.45, 7) is 7.05. The number of halogens is 1. The van der Waals surface area contributed by atoms with E-state index in [9.17, 15) is 14.0 Å². The quantitative estimate of drug-likeness (QED) is 0.113. The van der Waals surface area contributed by atoms with Crippen molar-refractivity contribution >= 4 is 11.9 Å². The summed E-state index contributed by atoms with van der Waals surface area (Å²) in [6.07, 6.45) is 13.6. The maximum Gasteiger partial charge on any atom is 0.343 e. The van der Waals surface area contributed by atoms with Crippen molar-refractivity contribution in [3.05, 3.63) is 59.4 Å². The second kappa shape index (κ2) is 17.5. The summed E-state index contributed by atoms with van der Waals surface area (Å²) < 4.78 is 30.6. The van der Waals surface area contributed by atoms with E-state index in [0.717, 1.165) is 25.3 Å². The molecular formula is C31H43FO5. The lowest BCUT2D eigenvalue weighted by molar-refractivity contribution is 0.0441. The van der Waals surface area contributed by atoms with E-state index in [1.807, 2.05) is 13.8 Å². The number of esters is 2. The summed E-state index contributed by atoms with van der Waals surface area (Å²) >= 11 is 0. The summed E-state index contributed by atoms with van der Waals surface area (Å²) in [4.78, 5) is 24.5. The third kappa shape index (κ3) is 11.8. The SMILES string of the molecule is CCCCCCCCCCCCOc1ccc(C(=O)Oc2ccc(C(=O)OCC(C)CC)c(F)c2)cc1. The number of hydrogen-bond donors (Lipinski definition) is 0. The summed E-state index contributed by atoms with van der Waals surface area (Å²) in [5.74, 6) is -1.24. The maximum atomic E-state index is 14.4. The number of carbonyl (C=O) groups is 2. The molecule has 0 aliphatic heterocycles. The standard InChI is InChI=1S/C31H43FO5/c1-4-6-7-8-9-10-11-12-13-14-21-35-26-17-15-25(16-18-26)30(33)37-27-19-20-28(29(32)22-27)31(34)36-23-24(3)5-2/h15-20,22,24H,4-14,21,23H2,1-3H3. The van der Waals surface area contributed by atoms with Gasteiger partial charge in [-0.3, -0.25) is 0 Å². The lowest BCUT2D eigenvalue weighted by Gasteiger charge is -2.11. The van der Waals surface area contributed by atoms with Gasteiger partial charge in [-0.1, -0.05) is 85.0 Å². The monoisotopic (exact) mass is 514 g/mol. The Morgan fingerprint density at radius 1 is 0.784 bits per heavy atom. The molecule has 0 aliphatic carbocycles. The number of rotatable bonds is 18. The fraction of sp³-hybridized carbons (Fsp3) is 0.548. The van der Waals surface area contributed by atoms with E-state index >= 15 is 0 Å². The zero-order valence-electron chi connectivity index (χ0n) is 22.7. The van der Waals surface area contributed by atoms with Crippen LogP contribution >= 0.6 is 0 Å². The molecule has 204 valence electrons. The third-order valence-corrected chi connectivity index (χ3v) is 6.42. The molecule has 0 saturated heterocycles. The molecule has 0 bridgehead atoms. The first kappa shape index (κ1) is 30.3. The summed E-state index contributed by atoms with van der Waals surface area (Å²) in [7, 11) is 0. The summed E-state index contributed by atoms with van der Waals surface area (Å²) in [5.41, 5.74) is 0.135. The highest BCUT2D eigenvalue weighted by Crippen LogP contribution is 2.20. The van der Waals surface area contributed by atoms with Gasteiger partial charge in [0.15, 0.2) is 0 Å². The van der Waals surface area contributed by atoms with Crippen LogP contribution in [0.5, 0.6) is 11.5 Å². The van der Waals surface area contributed by atoms with E-state index in [1.165, 1.54) is 63.5 Å². The van der Waals surface area contributed by atoms with Gasteiger partial charge in [-0.15, -0.1) is 0 Å². The molecular weight excluding hydrogens is 471 g/mol. The highest BCUT2D eigenvalue weighted by Gasteiger charge is 2.17. The molecule has 2 rings (SSSR count). The number of carbonyl (C=O) groups excluding carboxylic acids is 2. The van der Waals surface area contributed by atoms with Crippen LogP contribution in [-0.4, -0.2) is 25.2 Å². The predicted molar refractivity (Wildman–Crippen MR) is 145 cm³/mol. The first-order chi connectivity index (χ1) is 17.9. The van der Waals surface area contributed by atoms with E-state index in [1.54, 1.807) is 24.3 Å². The van der Waals surface area contributed by atoms with Gasteiger partial charge in [0.05, 0.1) is 24.3 Å². The zero-order chi connectivity index (χ0) is 26.9. The molecule has 6 heteroatoms. The molecule has 2 aromatic rings. The fourth-order valence-electron chi connectivity index (χ4n) is 3.77. The van der Waals surface area contributed by atoms with E-state index in [2.05, 4.69) is 6.92 Å². The number of hydrogen-bond acceptors (Lipinski definition) is 5. The van der Waals surface area contributed by atoms with Crippen molar-refractivity contribution in [2.45, 2.75) is 91.4 Å². The van der Waals surface area contributed by atoms with Crippen LogP contribution in [-0.2, 0) is 4.74 Å². The van der Waals surface area contributed by atoms with Crippen LogP contribution in [0.3, 0.4) is 0 Å². The molecule has 0 amide bonds. The van der Waals surface area contributed by atoms with Gasteiger partial charge in [-0.2, -0.15) is 0 Å². The molecule has 5 nitrogen and oxygen atoms in total. The molecule has 1 atom stereocenters. The molecule has 0 aromatic heterocycles. The number of unbranched alkanes of at least 4 members (excludes halogenated alkanes) is 9. The van der Waals surface area contributed by atoms with Crippen LogP contribution in [0.15, 0.2) is 42.5 Å². The Bertz CT molecular complexity index is 941. The minimum atomic E-state index is -0.796. The number of ether oxygens (including phenoxy) is 3. The van der Waals surface area contributed by atoms with Crippen LogP contribution < -0.4 is 9.47 Å². The Hall–Kier alpha value is -2.89. The van der Waals surface area contributed by atoms with Crippen LogP contribution in [0.4, 0.5) is 4.39 Å². The van der Waals surface area contributed by atoms with Gasteiger partial charge >= 0.3 is 11.9 Å². The minimum Gasteiger partial charge on any atom is -0.494 e. The van der Waals surface area contributed by atoms with Crippen LogP contribution in [0.1, 0.15) is 112 Å². The van der Waals surface area contributed by atoms with Gasteiger partial charge in [0.2, 0.25) is 0 Å². The van der Waals surface area contributed by atoms with E-state index in [-0.39, 0.29) is 23.8 Å². The summed E-state index contributed by atoms with van der Waals surface area (Å²) in [5, 5.41) is 0. The van der Waals surface area contributed by atoms with Crippen LogP contribution in [0.25, 0.3) is 0 Å². The second-order valence-electron chi connectivity index (χ2n) is 9.70. The largest absolute Gasteiger partial charge is 0.494 e. The normalized spacial score (nSPS) is 11.7. The predicted octanol–water partition coefficient (Wildman–Crippen LogP) is 8.55. The Labute approximate surface area is 221 Å². The average molecular weight is 515 g/mol. The smallest absolute Gasteiger partial charge is 0.343 e. The van der Waals surface area contributed by atoms with Crippen molar-refractivity contribution in [2.24, 2.45) is 5.92 Å². The van der Waals surface area contributed by atoms with Crippen molar-refractivity contribution in [1.29, 1.82) is 0 Å². The van der Waals surface area contributed by atoms with E-state index in [0.29, 0.717) is 17.9 Å². The van der Waals surface area contributed by atoms with Gasteiger partial charge in [0.25, 0.3) is 0 Å². The zero-order valence-corrected chi connectivity index (χ0v) is 22.7. The van der Waals surface area contributed by atoms with E-state index in [4.69, 9.17) is 14.2 Å². The lowest BCUT2D eigenvalue weighted by atomic mass is 10.1. The Morgan fingerprint density at radius 2 is 1.38 bits per heavy atom. The number of benzene rings is 2. The molecule has 37 heavy (non-hydrogen) atoms. The van der Waals surface area contributed by atoms with Crippen molar-refractivity contribution in [3.8, 4) is 11.5 Å². The van der Waals surface area contributed by atoms with Gasteiger partial charge in [-0.05, 0) is 48.7 Å². The van der Waals surface area contributed by atoms with Crippen molar-refractivity contribution < 1.29 is 28.2 Å². The first-order valence-electron chi connectivity index (χ1n) is 13.9. The summed E-state index contributed by atoms with van der Waals surface area (Å²) in [6, 6.07) is 10.3. The van der Waals surface area contributed by atoms with Gasteiger partial charge < -0.3 is 14.2 Å². The molecule has 2 aromatic carbocycles. The maximum absolute atomic E-state index is 14.4. The Kier molecular flexibility index (Phi) is 14.4. The molecule has 0 heterocycles. The molecule has 0 spiro atoms. The Balaban J connectivity index is 1.70. The third-order valence-electron chi connectivity index (χ3n) is 6.42. The topological polar surface area (TPSA) is 61.8 Å². The van der Waals surface area contributed by atoms with Crippen molar-refractivity contribution in [3.63, 3.8) is 0 Å². The molecule has 0 fully saturated rings. The van der Waals surface area contributed by atoms with Crippen molar-refractivity contribution in [1.82, 2.24) is 0 Å². The molecule has 0 saturated carbocycles. The molecule has 1 unspecified atom stereocenters. The van der Waals surface area contributed by atoms with Crippen molar-refractivity contribution in [2.75, 3.05) is 13.2 Å². The van der Waals surface area contributed by atoms with Crippen LogP contribution in [0.2, 0.25) is 0 Å². The first-order valence-corrected chi connectivity index (χ1v) is 13.9. The second-order valence-corrected chi connectivity index (χ2v) is 9.70. The highest BCUT2D eigenvalue weighted by molar-refractivity contribution is 5.92. The van der Waals surface area contributed by atoms with Gasteiger partial charge in [0.1, 0.15) is 17.3 Å². The molecule has 0 N–H and O–H groups in total. The van der Waals surface area contributed by atoms with Gasteiger partial charge in [0, 0.05) is 6.07 Å². The van der Waals surface area contributed by atoms with E-state index < -0.39 is 17.8 Å². The lowest BCUT2D eigenvalue weighted by Crippen LogP contribution is -2.13. The molecule has 0 aliphatic rings. The fourth-order valence-corrected chi connectivity index (χ4v) is 3.77.